The third-order valence-corrected chi connectivity index (χ3v) is 3.48. The lowest BCUT2D eigenvalue weighted by molar-refractivity contribution is -0.122. The van der Waals surface area contributed by atoms with Crippen molar-refractivity contribution in [3.05, 3.63) is 48.3 Å². The van der Waals surface area contributed by atoms with Gasteiger partial charge in [-0.25, -0.2) is 0 Å². The standard InChI is InChI=1S/C16H17N3O2/c1-11-16(20)18-14-8-12(5-6-15(14)21-11)10-19(2)13-4-3-7-17-9-13/h3-9,11H,10H2,1-2H3,(H,18,20). The van der Waals surface area contributed by atoms with Gasteiger partial charge in [-0.1, -0.05) is 6.07 Å². The van der Waals surface area contributed by atoms with E-state index in [-0.39, 0.29) is 5.91 Å². The molecule has 2 aromatic rings. The Bertz CT molecular complexity index is 658. The molecule has 5 heteroatoms. The first kappa shape index (κ1) is 13.4. The van der Waals surface area contributed by atoms with E-state index in [2.05, 4.69) is 15.2 Å². The van der Waals surface area contributed by atoms with E-state index in [4.69, 9.17) is 4.74 Å². The highest BCUT2D eigenvalue weighted by Crippen LogP contribution is 2.31. The number of aromatic nitrogens is 1. The summed E-state index contributed by atoms with van der Waals surface area (Å²) in [5, 5.41) is 2.87. The number of hydrogen-bond acceptors (Lipinski definition) is 4. The molecule has 0 radical (unpaired) electrons. The number of nitrogens with zero attached hydrogens (tertiary/aromatic N) is 2. The Kier molecular flexibility index (Phi) is 3.48. The van der Waals surface area contributed by atoms with E-state index >= 15 is 0 Å². The number of nitrogens with one attached hydrogen (secondary N) is 1. The van der Waals surface area contributed by atoms with Crippen molar-refractivity contribution in [1.29, 1.82) is 0 Å². The van der Waals surface area contributed by atoms with Gasteiger partial charge in [0, 0.05) is 19.8 Å². The van der Waals surface area contributed by atoms with Crippen LogP contribution in [0.2, 0.25) is 0 Å². The molecule has 1 aliphatic rings. The van der Waals surface area contributed by atoms with Crippen LogP contribution in [0.3, 0.4) is 0 Å². The molecule has 21 heavy (non-hydrogen) atoms. The number of ether oxygens (including phenoxy) is 1. The molecule has 0 fully saturated rings. The topological polar surface area (TPSA) is 54.5 Å². The van der Waals surface area contributed by atoms with Crippen molar-refractivity contribution in [2.45, 2.75) is 19.6 Å². The molecule has 108 valence electrons. The molecular weight excluding hydrogens is 266 g/mol. The van der Waals surface area contributed by atoms with E-state index in [0.29, 0.717) is 0 Å². The van der Waals surface area contributed by atoms with Crippen LogP contribution in [0.15, 0.2) is 42.7 Å². The van der Waals surface area contributed by atoms with Crippen LogP contribution in [0.1, 0.15) is 12.5 Å². The van der Waals surface area contributed by atoms with Crippen LogP contribution in [0.25, 0.3) is 0 Å². The third-order valence-electron chi connectivity index (χ3n) is 3.48. The van der Waals surface area contributed by atoms with E-state index in [9.17, 15) is 4.79 Å². The van der Waals surface area contributed by atoms with Crippen LogP contribution < -0.4 is 15.0 Å². The molecule has 1 atom stereocenters. The number of pyridine rings is 1. The Hall–Kier alpha value is -2.56. The van der Waals surface area contributed by atoms with Gasteiger partial charge in [0.1, 0.15) is 5.75 Å². The van der Waals surface area contributed by atoms with E-state index in [1.54, 1.807) is 13.1 Å². The van der Waals surface area contributed by atoms with E-state index in [0.717, 1.165) is 29.2 Å². The fourth-order valence-electron chi connectivity index (χ4n) is 2.30. The average molecular weight is 283 g/mol. The number of benzene rings is 1. The molecule has 1 aliphatic heterocycles. The highest BCUT2D eigenvalue weighted by atomic mass is 16.5. The summed E-state index contributed by atoms with van der Waals surface area (Å²) in [7, 11) is 2.01. The van der Waals surface area contributed by atoms with Gasteiger partial charge in [-0.05, 0) is 36.8 Å². The smallest absolute Gasteiger partial charge is 0.265 e. The highest BCUT2D eigenvalue weighted by Gasteiger charge is 2.23. The van der Waals surface area contributed by atoms with Crippen molar-refractivity contribution in [3.8, 4) is 5.75 Å². The Morgan fingerprint density at radius 2 is 2.24 bits per heavy atom. The van der Waals surface area contributed by atoms with Crippen molar-refractivity contribution >= 4 is 17.3 Å². The molecule has 3 rings (SSSR count). The molecule has 0 aliphatic carbocycles. The molecule has 1 unspecified atom stereocenters. The molecule has 1 N–H and O–H groups in total. The number of fused-ring (bicyclic) bond motifs is 1. The minimum Gasteiger partial charge on any atom is -0.479 e. The van der Waals surface area contributed by atoms with Gasteiger partial charge in [-0.15, -0.1) is 0 Å². The van der Waals surface area contributed by atoms with Gasteiger partial charge >= 0.3 is 0 Å². The second kappa shape index (κ2) is 5.44. The molecule has 1 amide bonds. The predicted octanol–water partition coefficient (Wildman–Crippen LogP) is 2.44. The second-order valence-corrected chi connectivity index (χ2v) is 5.15. The molecule has 5 nitrogen and oxygen atoms in total. The maximum Gasteiger partial charge on any atom is 0.265 e. The molecular formula is C16H17N3O2. The highest BCUT2D eigenvalue weighted by molar-refractivity contribution is 5.97. The number of anilines is 2. The van der Waals surface area contributed by atoms with Gasteiger partial charge in [-0.3, -0.25) is 9.78 Å². The zero-order valence-corrected chi connectivity index (χ0v) is 12.0. The lowest BCUT2D eigenvalue weighted by Crippen LogP contribution is -2.34. The summed E-state index contributed by atoms with van der Waals surface area (Å²) in [6.07, 6.45) is 3.14. The van der Waals surface area contributed by atoms with Crippen LogP contribution in [-0.4, -0.2) is 24.0 Å². The monoisotopic (exact) mass is 283 g/mol. The fourth-order valence-corrected chi connectivity index (χ4v) is 2.30. The maximum atomic E-state index is 11.7. The number of rotatable bonds is 3. The summed E-state index contributed by atoms with van der Waals surface area (Å²) < 4.78 is 5.55. The minimum absolute atomic E-state index is 0.111. The zero-order chi connectivity index (χ0) is 14.8. The van der Waals surface area contributed by atoms with Crippen molar-refractivity contribution in [1.82, 2.24) is 4.98 Å². The summed E-state index contributed by atoms with van der Waals surface area (Å²) in [6.45, 7) is 2.47. The van der Waals surface area contributed by atoms with Gasteiger partial charge < -0.3 is 15.0 Å². The Balaban J connectivity index is 1.78. The molecule has 1 aromatic heterocycles. The van der Waals surface area contributed by atoms with Crippen LogP contribution in [0.4, 0.5) is 11.4 Å². The summed E-state index contributed by atoms with van der Waals surface area (Å²) in [5.41, 5.74) is 2.87. The predicted molar refractivity (Wildman–Crippen MR) is 81.5 cm³/mol. The van der Waals surface area contributed by atoms with Gasteiger partial charge in [0.05, 0.1) is 17.6 Å². The van der Waals surface area contributed by atoms with Crippen molar-refractivity contribution in [2.75, 3.05) is 17.3 Å². The van der Waals surface area contributed by atoms with Crippen LogP contribution in [0.5, 0.6) is 5.75 Å². The SMILES string of the molecule is CC1Oc2ccc(CN(C)c3cccnc3)cc2NC1=O. The van der Waals surface area contributed by atoms with Crippen LogP contribution >= 0.6 is 0 Å². The summed E-state index contributed by atoms with van der Waals surface area (Å²) in [6, 6.07) is 9.78. The number of amides is 1. The molecule has 1 aromatic carbocycles. The average Bonchev–Trinajstić information content (AvgIpc) is 2.49. The van der Waals surface area contributed by atoms with Gasteiger partial charge in [0.15, 0.2) is 6.10 Å². The van der Waals surface area contributed by atoms with E-state index in [1.165, 1.54) is 0 Å². The summed E-state index contributed by atoms with van der Waals surface area (Å²) >= 11 is 0. The first-order valence-electron chi connectivity index (χ1n) is 6.85. The number of carbonyl (C=O) groups is 1. The van der Waals surface area contributed by atoms with Crippen LogP contribution in [-0.2, 0) is 11.3 Å². The lowest BCUT2D eigenvalue weighted by Gasteiger charge is -2.25. The van der Waals surface area contributed by atoms with Crippen molar-refractivity contribution in [2.24, 2.45) is 0 Å². The third kappa shape index (κ3) is 2.81. The van der Waals surface area contributed by atoms with Crippen molar-refractivity contribution in [3.63, 3.8) is 0 Å². The van der Waals surface area contributed by atoms with E-state index in [1.807, 2.05) is 43.6 Å². The fraction of sp³-hybridized carbons (Fsp3) is 0.250. The zero-order valence-electron chi connectivity index (χ0n) is 12.0. The first-order valence-corrected chi connectivity index (χ1v) is 6.85. The molecule has 0 spiro atoms. The van der Waals surface area contributed by atoms with Gasteiger partial charge in [0.2, 0.25) is 0 Å². The van der Waals surface area contributed by atoms with Crippen molar-refractivity contribution < 1.29 is 9.53 Å². The molecule has 2 heterocycles. The normalized spacial score (nSPS) is 16.7. The number of carbonyl (C=O) groups excluding carboxylic acids is 1. The Morgan fingerprint density at radius 1 is 1.38 bits per heavy atom. The van der Waals surface area contributed by atoms with Gasteiger partial charge in [0.25, 0.3) is 5.91 Å². The first-order chi connectivity index (χ1) is 10.1. The summed E-state index contributed by atoms with van der Waals surface area (Å²) in [4.78, 5) is 17.9. The largest absolute Gasteiger partial charge is 0.479 e. The maximum absolute atomic E-state index is 11.7. The molecule has 0 saturated heterocycles. The lowest BCUT2D eigenvalue weighted by atomic mass is 10.1. The Morgan fingerprint density at radius 3 is 3.00 bits per heavy atom. The second-order valence-electron chi connectivity index (χ2n) is 5.15. The summed E-state index contributed by atoms with van der Waals surface area (Å²) in [5.74, 6) is 0.607. The number of hydrogen-bond donors (Lipinski definition) is 1. The molecule has 0 saturated carbocycles. The van der Waals surface area contributed by atoms with Gasteiger partial charge in [-0.2, -0.15) is 0 Å². The minimum atomic E-state index is -0.443. The Labute approximate surface area is 123 Å². The van der Waals surface area contributed by atoms with Crippen LogP contribution in [0, 0.1) is 0 Å². The van der Waals surface area contributed by atoms with E-state index < -0.39 is 6.10 Å². The molecule has 0 bridgehead atoms. The quantitative estimate of drug-likeness (QED) is 0.940.